The zero-order chi connectivity index (χ0) is 10.6. The van der Waals surface area contributed by atoms with Gasteiger partial charge in [-0.15, -0.1) is 0 Å². The summed E-state index contributed by atoms with van der Waals surface area (Å²) in [4.78, 5) is 11.2. The van der Waals surface area contributed by atoms with Gasteiger partial charge in [-0.3, -0.25) is 0 Å². The highest BCUT2D eigenvalue weighted by Crippen LogP contribution is 2.15. The van der Waals surface area contributed by atoms with Crippen LogP contribution in [-0.2, 0) is 6.42 Å². The van der Waals surface area contributed by atoms with E-state index in [1.807, 2.05) is 0 Å². The Kier molecular flexibility index (Phi) is 4.20. The normalized spacial score (nSPS) is 12.7. The van der Waals surface area contributed by atoms with Gasteiger partial charge in [-0.05, 0) is 18.9 Å². The zero-order valence-corrected chi connectivity index (χ0v) is 9.58. The van der Waals surface area contributed by atoms with E-state index in [4.69, 9.17) is 9.52 Å². The molecule has 0 aliphatic rings. The van der Waals surface area contributed by atoms with Gasteiger partial charge >= 0.3 is 5.97 Å². The van der Waals surface area contributed by atoms with Crippen LogP contribution in [-0.4, -0.2) is 15.9 Å². The van der Waals surface area contributed by atoms with Crippen LogP contribution in [0.3, 0.4) is 0 Å². The van der Waals surface area contributed by atoms with Crippen molar-refractivity contribution in [3.63, 3.8) is 0 Å². The molecule has 0 saturated heterocycles. The highest BCUT2D eigenvalue weighted by atomic mass is 79.9. The molecule has 3 nitrogen and oxygen atoms in total. The van der Waals surface area contributed by atoms with Gasteiger partial charge in [0.1, 0.15) is 11.3 Å². The molecule has 4 heteroatoms. The molecule has 1 heterocycles. The van der Waals surface area contributed by atoms with Gasteiger partial charge in [-0.1, -0.05) is 22.9 Å². The molecule has 0 aliphatic carbocycles. The minimum Gasteiger partial charge on any atom is -0.478 e. The number of furan rings is 1. The Bertz CT molecular complexity index is 304. The van der Waals surface area contributed by atoms with Crippen LogP contribution in [0.15, 0.2) is 16.7 Å². The predicted octanol–water partition coefficient (Wildman–Crippen LogP) is 3.08. The largest absolute Gasteiger partial charge is 0.478 e. The lowest BCUT2D eigenvalue weighted by Gasteiger charge is -2.01. The second kappa shape index (κ2) is 5.20. The van der Waals surface area contributed by atoms with Crippen LogP contribution in [0.5, 0.6) is 0 Å². The molecule has 0 spiro atoms. The van der Waals surface area contributed by atoms with E-state index in [9.17, 15) is 4.79 Å². The Balaban J connectivity index is 2.50. The Morgan fingerprint density at radius 1 is 1.71 bits per heavy atom. The molecule has 0 aromatic carbocycles. The van der Waals surface area contributed by atoms with Crippen LogP contribution >= 0.6 is 15.9 Å². The number of aryl methyl sites for hydroxylation is 1. The molecule has 0 radical (unpaired) electrons. The summed E-state index contributed by atoms with van der Waals surface area (Å²) in [5, 5.41) is 8.79. The Hall–Kier alpha value is -0.770. The van der Waals surface area contributed by atoms with Crippen molar-refractivity contribution in [1.82, 2.24) is 0 Å². The second-order valence-corrected chi connectivity index (χ2v) is 4.80. The fourth-order valence-electron chi connectivity index (χ4n) is 1.27. The molecular formula is C10H13BrO3. The quantitative estimate of drug-likeness (QED) is 0.828. The molecule has 0 saturated carbocycles. The van der Waals surface area contributed by atoms with Crippen molar-refractivity contribution < 1.29 is 14.3 Å². The molecule has 78 valence electrons. The molecular weight excluding hydrogens is 248 g/mol. The van der Waals surface area contributed by atoms with Crippen molar-refractivity contribution in [2.75, 3.05) is 0 Å². The number of carboxylic acid groups (broad SMARTS) is 1. The summed E-state index contributed by atoms with van der Waals surface area (Å²) < 4.78 is 5.11. The van der Waals surface area contributed by atoms with Crippen LogP contribution in [0.1, 0.15) is 35.9 Å². The van der Waals surface area contributed by atoms with Gasteiger partial charge in [0.25, 0.3) is 0 Å². The topological polar surface area (TPSA) is 50.4 Å². The number of aromatic carboxylic acids is 1. The van der Waals surface area contributed by atoms with Gasteiger partial charge in [0.05, 0.1) is 6.26 Å². The first-order valence-corrected chi connectivity index (χ1v) is 5.46. The van der Waals surface area contributed by atoms with E-state index in [0.717, 1.165) is 12.8 Å². The lowest BCUT2D eigenvalue weighted by molar-refractivity contribution is 0.0694. The molecule has 1 unspecified atom stereocenters. The van der Waals surface area contributed by atoms with Crippen molar-refractivity contribution in [3.05, 3.63) is 23.7 Å². The maximum Gasteiger partial charge on any atom is 0.339 e. The maximum absolute atomic E-state index is 10.7. The van der Waals surface area contributed by atoms with Crippen LogP contribution < -0.4 is 0 Å². The molecule has 1 aromatic rings. The van der Waals surface area contributed by atoms with E-state index in [-0.39, 0.29) is 5.56 Å². The van der Waals surface area contributed by atoms with Gasteiger partial charge in [0.15, 0.2) is 0 Å². The van der Waals surface area contributed by atoms with E-state index in [2.05, 4.69) is 22.9 Å². The van der Waals surface area contributed by atoms with Gasteiger partial charge in [-0.25, -0.2) is 4.79 Å². The molecule has 0 amide bonds. The molecule has 0 aliphatic heterocycles. The van der Waals surface area contributed by atoms with E-state index in [1.165, 1.54) is 12.3 Å². The van der Waals surface area contributed by atoms with Gasteiger partial charge in [0.2, 0.25) is 0 Å². The summed E-state index contributed by atoms with van der Waals surface area (Å²) in [6.45, 7) is 2.07. The summed E-state index contributed by atoms with van der Waals surface area (Å²) in [6, 6.07) is 1.50. The monoisotopic (exact) mass is 260 g/mol. The molecule has 14 heavy (non-hydrogen) atoms. The van der Waals surface area contributed by atoms with Gasteiger partial charge in [-0.2, -0.15) is 0 Å². The molecule has 1 aromatic heterocycles. The van der Waals surface area contributed by atoms with Crippen LogP contribution in [0.2, 0.25) is 0 Å². The molecule has 1 N–H and O–H groups in total. The number of alkyl halides is 1. The number of hydrogen-bond acceptors (Lipinski definition) is 2. The van der Waals surface area contributed by atoms with Gasteiger partial charge < -0.3 is 9.52 Å². The third-order valence-electron chi connectivity index (χ3n) is 1.98. The van der Waals surface area contributed by atoms with E-state index in [1.54, 1.807) is 0 Å². The summed E-state index contributed by atoms with van der Waals surface area (Å²) in [5.41, 5.74) is 0.284. The summed E-state index contributed by atoms with van der Waals surface area (Å²) in [5.74, 6) is -0.341. The fraction of sp³-hybridized carbons (Fsp3) is 0.500. The highest BCUT2D eigenvalue weighted by molar-refractivity contribution is 9.09. The third-order valence-corrected chi connectivity index (χ3v) is 2.44. The van der Waals surface area contributed by atoms with Crippen molar-refractivity contribution in [3.8, 4) is 0 Å². The minimum absolute atomic E-state index is 0.284. The zero-order valence-electron chi connectivity index (χ0n) is 8.00. The predicted molar refractivity (Wildman–Crippen MR) is 57.0 cm³/mol. The lowest BCUT2D eigenvalue weighted by Crippen LogP contribution is -2.00. The number of hydrogen-bond donors (Lipinski definition) is 1. The van der Waals surface area contributed by atoms with Crippen molar-refractivity contribution in [2.45, 2.75) is 31.0 Å². The number of carboxylic acids is 1. The number of rotatable bonds is 5. The average Bonchev–Trinajstić information content (AvgIpc) is 2.51. The van der Waals surface area contributed by atoms with Crippen molar-refractivity contribution in [2.24, 2.45) is 0 Å². The van der Waals surface area contributed by atoms with E-state index >= 15 is 0 Å². The number of carbonyl (C=O) groups is 1. The van der Waals surface area contributed by atoms with Crippen molar-refractivity contribution in [1.29, 1.82) is 0 Å². The average molecular weight is 261 g/mol. The molecule has 0 fully saturated rings. The van der Waals surface area contributed by atoms with E-state index < -0.39 is 5.97 Å². The van der Waals surface area contributed by atoms with Crippen LogP contribution in [0, 0.1) is 0 Å². The SMILES string of the molecule is CC(Br)CCCc1occc1C(=O)O. The molecule has 1 atom stereocenters. The third kappa shape index (κ3) is 3.18. The van der Waals surface area contributed by atoms with Crippen molar-refractivity contribution >= 4 is 21.9 Å². The van der Waals surface area contributed by atoms with E-state index in [0.29, 0.717) is 17.0 Å². The maximum atomic E-state index is 10.7. The number of halogens is 1. The lowest BCUT2D eigenvalue weighted by atomic mass is 10.1. The first-order chi connectivity index (χ1) is 6.61. The van der Waals surface area contributed by atoms with Gasteiger partial charge in [0, 0.05) is 11.2 Å². The highest BCUT2D eigenvalue weighted by Gasteiger charge is 2.12. The standard InChI is InChI=1S/C10H13BrO3/c1-7(11)3-2-4-9-8(10(12)13)5-6-14-9/h5-7H,2-4H2,1H3,(H,12,13). The molecule has 0 bridgehead atoms. The minimum atomic E-state index is -0.916. The summed E-state index contributed by atoms with van der Waals surface area (Å²) in [6.07, 6.45) is 4.06. The first-order valence-electron chi connectivity index (χ1n) is 4.55. The Morgan fingerprint density at radius 3 is 3.00 bits per heavy atom. The smallest absolute Gasteiger partial charge is 0.339 e. The summed E-state index contributed by atoms with van der Waals surface area (Å²) >= 11 is 3.44. The first kappa shape index (κ1) is 11.3. The Morgan fingerprint density at radius 2 is 2.43 bits per heavy atom. The van der Waals surface area contributed by atoms with Crippen LogP contribution in [0.25, 0.3) is 0 Å². The fourth-order valence-corrected chi connectivity index (χ4v) is 1.59. The summed E-state index contributed by atoms with van der Waals surface area (Å²) in [7, 11) is 0. The van der Waals surface area contributed by atoms with Crippen LogP contribution in [0.4, 0.5) is 0 Å². The Labute approximate surface area is 91.2 Å². The molecule has 1 rings (SSSR count). The second-order valence-electron chi connectivity index (χ2n) is 3.24.